The normalized spacial score (nSPS) is 12.7. The van der Waals surface area contributed by atoms with E-state index in [4.69, 9.17) is 15.6 Å². The first-order chi connectivity index (χ1) is 14.8. The SMILES string of the molecule is NC(CO)c1nnc(-c2ccc(OCCCCc3ccc(F)cc3)c(C(F)(F)F)c2)s1. The van der Waals surface area contributed by atoms with Crippen LogP contribution in [-0.4, -0.2) is 28.5 Å². The van der Waals surface area contributed by atoms with Gasteiger partial charge in [0, 0.05) is 5.56 Å². The number of ether oxygens (including phenoxy) is 1. The van der Waals surface area contributed by atoms with Crippen LogP contribution in [0.4, 0.5) is 17.6 Å². The molecule has 0 fully saturated rings. The Hall–Kier alpha value is -2.56. The second-order valence-electron chi connectivity index (χ2n) is 6.88. The van der Waals surface area contributed by atoms with E-state index in [0.29, 0.717) is 24.3 Å². The lowest BCUT2D eigenvalue weighted by Crippen LogP contribution is -2.13. The summed E-state index contributed by atoms with van der Waals surface area (Å²) in [5.74, 6) is -0.564. The fourth-order valence-corrected chi connectivity index (χ4v) is 3.69. The predicted molar refractivity (Wildman–Crippen MR) is 109 cm³/mol. The van der Waals surface area contributed by atoms with Crippen molar-refractivity contribution in [1.82, 2.24) is 10.2 Å². The summed E-state index contributed by atoms with van der Waals surface area (Å²) < 4.78 is 59.0. The molecular formula is C21H21F4N3O2S. The van der Waals surface area contributed by atoms with Gasteiger partial charge in [0.2, 0.25) is 0 Å². The van der Waals surface area contributed by atoms with Crippen LogP contribution in [0.3, 0.4) is 0 Å². The topological polar surface area (TPSA) is 81.3 Å². The van der Waals surface area contributed by atoms with Crippen LogP contribution in [-0.2, 0) is 12.6 Å². The van der Waals surface area contributed by atoms with E-state index in [1.54, 1.807) is 12.1 Å². The molecule has 0 aliphatic heterocycles. The minimum Gasteiger partial charge on any atom is -0.493 e. The molecule has 0 saturated carbocycles. The number of aryl methyl sites for hydroxylation is 1. The van der Waals surface area contributed by atoms with Gasteiger partial charge >= 0.3 is 6.18 Å². The molecule has 1 unspecified atom stereocenters. The van der Waals surface area contributed by atoms with Crippen LogP contribution < -0.4 is 10.5 Å². The van der Waals surface area contributed by atoms with Gasteiger partial charge in [-0.25, -0.2) is 4.39 Å². The van der Waals surface area contributed by atoms with Gasteiger partial charge in [0.1, 0.15) is 21.6 Å². The molecule has 1 atom stereocenters. The number of aliphatic hydroxyl groups excluding tert-OH is 1. The lowest BCUT2D eigenvalue weighted by atomic mass is 10.1. The third-order valence-corrected chi connectivity index (χ3v) is 5.62. The summed E-state index contributed by atoms with van der Waals surface area (Å²) in [6.45, 7) is -0.214. The number of unbranched alkanes of at least 4 members (excludes halogenated alkanes) is 1. The highest BCUT2D eigenvalue weighted by Gasteiger charge is 2.35. The summed E-state index contributed by atoms with van der Waals surface area (Å²) in [5.41, 5.74) is 5.97. The van der Waals surface area contributed by atoms with E-state index < -0.39 is 17.8 Å². The van der Waals surface area contributed by atoms with Crippen molar-refractivity contribution in [3.05, 3.63) is 64.4 Å². The number of aliphatic hydroxyl groups is 1. The fraction of sp³-hybridized carbons (Fsp3) is 0.333. The van der Waals surface area contributed by atoms with Gasteiger partial charge in [-0.05, 0) is 55.2 Å². The Kier molecular flexibility index (Phi) is 7.58. The third-order valence-electron chi connectivity index (χ3n) is 4.52. The number of rotatable bonds is 9. The van der Waals surface area contributed by atoms with Crippen LogP contribution in [0.2, 0.25) is 0 Å². The van der Waals surface area contributed by atoms with Gasteiger partial charge in [0.25, 0.3) is 0 Å². The van der Waals surface area contributed by atoms with Gasteiger partial charge < -0.3 is 15.6 Å². The maximum Gasteiger partial charge on any atom is 0.419 e. The summed E-state index contributed by atoms with van der Waals surface area (Å²) >= 11 is 1.03. The van der Waals surface area contributed by atoms with Crippen LogP contribution >= 0.6 is 11.3 Å². The summed E-state index contributed by atoms with van der Waals surface area (Å²) in [5, 5.41) is 17.4. The standard InChI is InChI=1S/C21H21F4N3O2S/c22-15-7-4-13(5-8-15)3-1-2-10-30-18-9-6-14(11-16(18)21(23,24)25)19-27-28-20(31-19)17(26)12-29/h4-9,11,17,29H,1-3,10,12,26H2. The van der Waals surface area contributed by atoms with Crippen molar-refractivity contribution < 1.29 is 27.4 Å². The molecule has 0 spiro atoms. The maximum atomic E-state index is 13.6. The Labute approximate surface area is 180 Å². The molecule has 0 aliphatic carbocycles. The highest BCUT2D eigenvalue weighted by Crippen LogP contribution is 2.39. The molecule has 0 aliphatic rings. The van der Waals surface area contributed by atoms with Crippen molar-refractivity contribution in [2.24, 2.45) is 5.73 Å². The lowest BCUT2D eigenvalue weighted by Gasteiger charge is -2.15. The zero-order chi connectivity index (χ0) is 22.4. The molecule has 31 heavy (non-hydrogen) atoms. The van der Waals surface area contributed by atoms with E-state index >= 15 is 0 Å². The van der Waals surface area contributed by atoms with Gasteiger partial charge in [-0.2, -0.15) is 13.2 Å². The third kappa shape index (κ3) is 6.22. The van der Waals surface area contributed by atoms with Gasteiger partial charge in [-0.1, -0.05) is 23.5 Å². The molecular weight excluding hydrogens is 434 g/mol. The van der Waals surface area contributed by atoms with E-state index in [-0.39, 0.29) is 35.4 Å². The first-order valence-corrected chi connectivity index (χ1v) is 10.4. The molecule has 5 nitrogen and oxygen atoms in total. The van der Waals surface area contributed by atoms with E-state index in [1.165, 1.54) is 24.3 Å². The van der Waals surface area contributed by atoms with Crippen LogP contribution in [0.1, 0.15) is 35.0 Å². The number of benzene rings is 2. The Morgan fingerprint density at radius 2 is 1.81 bits per heavy atom. The first-order valence-electron chi connectivity index (χ1n) is 9.56. The van der Waals surface area contributed by atoms with Crippen molar-refractivity contribution in [1.29, 1.82) is 0 Å². The summed E-state index contributed by atoms with van der Waals surface area (Å²) in [7, 11) is 0. The van der Waals surface area contributed by atoms with Crippen molar-refractivity contribution in [2.75, 3.05) is 13.2 Å². The quantitative estimate of drug-likeness (QED) is 0.359. The molecule has 166 valence electrons. The minimum atomic E-state index is -4.60. The molecule has 0 saturated heterocycles. The number of aromatic nitrogens is 2. The van der Waals surface area contributed by atoms with Gasteiger partial charge in [-0.15, -0.1) is 10.2 Å². The lowest BCUT2D eigenvalue weighted by molar-refractivity contribution is -0.138. The van der Waals surface area contributed by atoms with Crippen molar-refractivity contribution in [3.63, 3.8) is 0 Å². The molecule has 1 aromatic heterocycles. The van der Waals surface area contributed by atoms with Gasteiger partial charge in [0.15, 0.2) is 0 Å². The molecule has 3 aromatic rings. The Bertz CT molecular complexity index is 993. The average Bonchev–Trinajstić information content (AvgIpc) is 3.24. The second kappa shape index (κ2) is 10.2. The summed E-state index contributed by atoms with van der Waals surface area (Å²) in [6, 6.07) is 9.12. The Morgan fingerprint density at radius 1 is 1.06 bits per heavy atom. The zero-order valence-electron chi connectivity index (χ0n) is 16.4. The highest BCUT2D eigenvalue weighted by atomic mass is 32.1. The predicted octanol–water partition coefficient (Wildman–Crippen LogP) is 4.76. The maximum absolute atomic E-state index is 13.6. The monoisotopic (exact) mass is 455 g/mol. The molecule has 0 amide bonds. The van der Waals surface area contributed by atoms with E-state index in [0.717, 1.165) is 23.0 Å². The zero-order valence-corrected chi connectivity index (χ0v) is 17.2. The molecule has 3 N–H and O–H groups in total. The molecule has 2 aromatic carbocycles. The van der Waals surface area contributed by atoms with Crippen LogP contribution in [0.15, 0.2) is 42.5 Å². The van der Waals surface area contributed by atoms with E-state index in [1.807, 2.05) is 0 Å². The molecule has 10 heteroatoms. The average molecular weight is 455 g/mol. The Morgan fingerprint density at radius 3 is 2.48 bits per heavy atom. The number of hydrogen-bond donors (Lipinski definition) is 2. The Balaban J connectivity index is 1.64. The summed E-state index contributed by atoms with van der Waals surface area (Å²) in [4.78, 5) is 0. The second-order valence-corrected chi connectivity index (χ2v) is 7.88. The van der Waals surface area contributed by atoms with Crippen LogP contribution in [0.25, 0.3) is 10.6 Å². The minimum absolute atomic E-state index is 0.123. The molecule has 3 rings (SSSR count). The smallest absolute Gasteiger partial charge is 0.419 e. The first kappa shape index (κ1) is 23.1. The number of halogens is 4. The largest absolute Gasteiger partial charge is 0.493 e. The van der Waals surface area contributed by atoms with Gasteiger partial charge in [-0.3, -0.25) is 0 Å². The van der Waals surface area contributed by atoms with Crippen molar-refractivity contribution >= 4 is 11.3 Å². The molecule has 1 heterocycles. The highest BCUT2D eigenvalue weighted by molar-refractivity contribution is 7.14. The number of nitrogens with zero attached hydrogens (tertiary/aromatic N) is 2. The molecule has 0 radical (unpaired) electrons. The van der Waals surface area contributed by atoms with Crippen LogP contribution in [0.5, 0.6) is 5.75 Å². The van der Waals surface area contributed by atoms with Crippen molar-refractivity contribution in [2.45, 2.75) is 31.5 Å². The number of hydrogen-bond acceptors (Lipinski definition) is 6. The van der Waals surface area contributed by atoms with Crippen LogP contribution in [0, 0.1) is 5.82 Å². The summed E-state index contributed by atoms with van der Waals surface area (Å²) in [6.07, 6.45) is -2.67. The fourth-order valence-electron chi connectivity index (χ4n) is 2.85. The van der Waals surface area contributed by atoms with Gasteiger partial charge in [0.05, 0.1) is 24.8 Å². The molecule has 0 bridgehead atoms. The van der Waals surface area contributed by atoms with Crippen molar-refractivity contribution in [3.8, 4) is 16.3 Å². The van der Waals surface area contributed by atoms with E-state index in [9.17, 15) is 17.6 Å². The number of nitrogens with two attached hydrogens (primary N) is 1. The number of alkyl halides is 3. The van der Waals surface area contributed by atoms with E-state index in [2.05, 4.69) is 10.2 Å².